The molecule has 1 aromatic carbocycles. The summed E-state index contributed by atoms with van der Waals surface area (Å²) in [5.74, 6) is 0. The summed E-state index contributed by atoms with van der Waals surface area (Å²) in [4.78, 5) is 0. The molecule has 0 aliphatic heterocycles. The van der Waals surface area contributed by atoms with Gasteiger partial charge in [-0.15, -0.1) is 0 Å². The molecule has 0 aliphatic carbocycles. The van der Waals surface area contributed by atoms with Crippen LogP contribution in [0.4, 0.5) is 0 Å². The van der Waals surface area contributed by atoms with Crippen molar-refractivity contribution in [3.63, 3.8) is 0 Å². The smallest absolute Gasteiger partial charge is 0.104 e. The van der Waals surface area contributed by atoms with Crippen molar-refractivity contribution in [1.29, 1.82) is 0 Å². The molecular formula is C23H43NO. The maximum absolute atomic E-state index is 2.36. The van der Waals surface area contributed by atoms with Gasteiger partial charge in [-0.25, -0.2) is 0 Å². The third kappa shape index (κ3) is 10.7. The first-order valence-electron chi connectivity index (χ1n) is 10.7. The van der Waals surface area contributed by atoms with E-state index < -0.39 is 0 Å². The second-order valence-electron chi connectivity index (χ2n) is 7.52. The standard InChI is InChI=1S/C23H42N.H2O/c1-4-7-8-9-10-11-12-13-14-18-21-24(5-2,6-3)22-23-19-16-15-17-20-23;/h15-17,19-20H,4-14,18,21-22H2,1-3H3;1H2/q+1;/p-1. The number of unbranched alkanes of at least 4 members (excludes halogenated alkanes) is 9. The van der Waals surface area contributed by atoms with Crippen molar-refractivity contribution in [2.75, 3.05) is 19.6 Å². The lowest BCUT2D eigenvalue weighted by Gasteiger charge is -2.37. The lowest BCUT2D eigenvalue weighted by Crippen LogP contribution is -2.47. The van der Waals surface area contributed by atoms with E-state index in [9.17, 15) is 0 Å². The summed E-state index contributed by atoms with van der Waals surface area (Å²) in [7, 11) is 0. The lowest BCUT2D eigenvalue weighted by molar-refractivity contribution is -0.938. The van der Waals surface area contributed by atoms with Gasteiger partial charge in [0.05, 0.1) is 19.6 Å². The summed E-state index contributed by atoms with van der Waals surface area (Å²) >= 11 is 0. The lowest BCUT2D eigenvalue weighted by atomic mass is 10.1. The molecule has 0 amide bonds. The van der Waals surface area contributed by atoms with Crippen molar-refractivity contribution in [3.05, 3.63) is 35.9 Å². The van der Waals surface area contributed by atoms with E-state index in [0.29, 0.717) is 0 Å². The van der Waals surface area contributed by atoms with Crippen LogP contribution >= 0.6 is 0 Å². The number of hydrogen-bond donors (Lipinski definition) is 0. The Hall–Kier alpha value is -0.860. The molecule has 25 heavy (non-hydrogen) atoms. The van der Waals surface area contributed by atoms with Crippen LogP contribution in [0, 0.1) is 0 Å². The first-order chi connectivity index (χ1) is 11.8. The molecule has 0 aliphatic rings. The van der Waals surface area contributed by atoms with Crippen LogP contribution in [0.3, 0.4) is 0 Å². The SMILES string of the molecule is CCCCCCCCCCCC[N+](CC)(CC)Cc1ccccc1.[OH-]. The van der Waals surface area contributed by atoms with E-state index in [1.54, 1.807) is 0 Å². The van der Waals surface area contributed by atoms with Gasteiger partial charge in [-0.3, -0.25) is 0 Å². The van der Waals surface area contributed by atoms with Crippen LogP contribution in [-0.2, 0) is 6.54 Å². The second kappa shape index (κ2) is 15.4. The summed E-state index contributed by atoms with van der Waals surface area (Å²) in [6, 6.07) is 11.1. The van der Waals surface area contributed by atoms with Gasteiger partial charge in [0.1, 0.15) is 6.54 Å². The maximum atomic E-state index is 2.36. The van der Waals surface area contributed by atoms with Crippen molar-refractivity contribution in [2.45, 2.75) is 91.5 Å². The molecule has 0 aromatic heterocycles. The Morgan fingerprint density at radius 2 is 1.12 bits per heavy atom. The quantitative estimate of drug-likeness (QED) is 0.253. The predicted molar refractivity (Wildman–Crippen MR) is 110 cm³/mol. The number of hydrogen-bond acceptors (Lipinski definition) is 1. The highest BCUT2D eigenvalue weighted by Crippen LogP contribution is 2.17. The molecule has 146 valence electrons. The normalized spacial score (nSPS) is 11.3. The van der Waals surface area contributed by atoms with Crippen LogP contribution in [0.5, 0.6) is 0 Å². The molecule has 2 heteroatoms. The van der Waals surface area contributed by atoms with Crippen molar-refractivity contribution in [1.82, 2.24) is 0 Å². The van der Waals surface area contributed by atoms with Gasteiger partial charge in [0.2, 0.25) is 0 Å². The first-order valence-corrected chi connectivity index (χ1v) is 10.7. The van der Waals surface area contributed by atoms with Gasteiger partial charge in [0, 0.05) is 5.56 Å². The fourth-order valence-corrected chi connectivity index (χ4v) is 3.75. The predicted octanol–water partition coefficient (Wildman–Crippen LogP) is 6.79. The highest BCUT2D eigenvalue weighted by molar-refractivity contribution is 5.13. The Balaban J connectivity index is 0.00000576. The molecule has 1 rings (SSSR count). The summed E-state index contributed by atoms with van der Waals surface area (Å²) < 4.78 is 1.25. The van der Waals surface area contributed by atoms with Crippen molar-refractivity contribution in [3.8, 4) is 0 Å². The number of rotatable bonds is 15. The van der Waals surface area contributed by atoms with Gasteiger partial charge in [-0.2, -0.15) is 0 Å². The molecule has 0 heterocycles. The van der Waals surface area contributed by atoms with Crippen LogP contribution < -0.4 is 0 Å². The minimum absolute atomic E-state index is 0. The average molecular weight is 350 g/mol. The van der Waals surface area contributed by atoms with E-state index in [2.05, 4.69) is 51.1 Å². The third-order valence-corrected chi connectivity index (χ3v) is 5.69. The number of nitrogens with zero attached hydrogens (tertiary/aromatic N) is 1. The fourth-order valence-electron chi connectivity index (χ4n) is 3.75. The molecule has 0 radical (unpaired) electrons. The van der Waals surface area contributed by atoms with Gasteiger partial charge in [0.25, 0.3) is 0 Å². The van der Waals surface area contributed by atoms with Crippen LogP contribution in [0.15, 0.2) is 30.3 Å². The Bertz CT molecular complexity index is 386. The molecule has 0 unspecified atom stereocenters. The molecule has 0 atom stereocenters. The molecule has 0 saturated heterocycles. The summed E-state index contributed by atoms with van der Waals surface area (Å²) in [6.07, 6.45) is 14.3. The zero-order valence-electron chi connectivity index (χ0n) is 17.2. The van der Waals surface area contributed by atoms with Crippen molar-refractivity contribution in [2.24, 2.45) is 0 Å². The van der Waals surface area contributed by atoms with Crippen LogP contribution in [0.25, 0.3) is 0 Å². The average Bonchev–Trinajstić information content (AvgIpc) is 2.63. The number of benzene rings is 1. The Morgan fingerprint density at radius 3 is 1.60 bits per heavy atom. The summed E-state index contributed by atoms with van der Waals surface area (Å²) in [6.45, 7) is 12.1. The van der Waals surface area contributed by atoms with E-state index in [4.69, 9.17) is 0 Å². The topological polar surface area (TPSA) is 30.0 Å². The molecule has 0 fully saturated rings. The van der Waals surface area contributed by atoms with Crippen LogP contribution in [0.2, 0.25) is 0 Å². The highest BCUT2D eigenvalue weighted by Gasteiger charge is 2.22. The minimum Gasteiger partial charge on any atom is -0.870 e. The highest BCUT2D eigenvalue weighted by atomic mass is 16.0. The Kier molecular flexibility index (Phi) is 14.9. The van der Waals surface area contributed by atoms with Crippen LogP contribution in [0.1, 0.15) is 90.5 Å². The molecule has 0 spiro atoms. The van der Waals surface area contributed by atoms with E-state index >= 15 is 0 Å². The third-order valence-electron chi connectivity index (χ3n) is 5.69. The summed E-state index contributed by atoms with van der Waals surface area (Å²) in [5, 5.41) is 0. The van der Waals surface area contributed by atoms with Gasteiger partial charge in [-0.1, -0.05) is 88.6 Å². The van der Waals surface area contributed by atoms with E-state index in [-0.39, 0.29) is 5.48 Å². The monoisotopic (exact) mass is 349 g/mol. The van der Waals surface area contributed by atoms with Gasteiger partial charge in [-0.05, 0) is 26.7 Å². The van der Waals surface area contributed by atoms with Crippen molar-refractivity contribution >= 4 is 0 Å². The minimum atomic E-state index is 0. The molecule has 0 saturated carbocycles. The zero-order valence-corrected chi connectivity index (χ0v) is 17.2. The second-order valence-corrected chi connectivity index (χ2v) is 7.52. The van der Waals surface area contributed by atoms with Gasteiger partial charge < -0.3 is 9.96 Å². The molecule has 1 aromatic rings. The Labute approximate surface area is 157 Å². The first kappa shape index (κ1) is 24.1. The van der Waals surface area contributed by atoms with E-state index in [1.165, 1.54) is 100 Å². The van der Waals surface area contributed by atoms with Gasteiger partial charge in [0.15, 0.2) is 0 Å². The Morgan fingerprint density at radius 1 is 0.640 bits per heavy atom. The fraction of sp³-hybridized carbons (Fsp3) is 0.739. The summed E-state index contributed by atoms with van der Waals surface area (Å²) in [5.41, 5.74) is 1.49. The van der Waals surface area contributed by atoms with Gasteiger partial charge >= 0.3 is 0 Å². The largest absolute Gasteiger partial charge is 0.870 e. The molecule has 0 bridgehead atoms. The molecular weight excluding hydrogens is 306 g/mol. The maximum Gasteiger partial charge on any atom is 0.104 e. The van der Waals surface area contributed by atoms with Crippen LogP contribution in [-0.4, -0.2) is 29.6 Å². The van der Waals surface area contributed by atoms with Crippen molar-refractivity contribution < 1.29 is 9.96 Å². The zero-order chi connectivity index (χ0) is 17.5. The molecule has 1 N–H and O–H groups in total. The molecule has 2 nitrogen and oxygen atoms in total. The number of quaternary nitrogens is 1. The van der Waals surface area contributed by atoms with E-state index in [1.807, 2.05) is 0 Å². The van der Waals surface area contributed by atoms with E-state index in [0.717, 1.165) is 0 Å².